The van der Waals surface area contributed by atoms with Crippen LogP contribution >= 0.6 is 0 Å². The second-order valence-electron chi connectivity index (χ2n) is 4.66. The molecule has 2 heterocycles. The molecule has 0 spiro atoms. The van der Waals surface area contributed by atoms with Crippen molar-refractivity contribution in [2.75, 3.05) is 7.11 Å². The van der Waals surface area contributed by atoms with Crippen molar-refractivity contribution in [3.05, 3.63) is 36.2 Å². The average Bonchev–Trinajstić information content (AvgIpc) is 2.96. The van der Waals surface area contributed by atoms with Gasteiger partial charge in [-0.2, -0.15) is 0 Å². The maximum Gasteiger partial charge on any atom is 0.270 e. The molecule has 1 N–H and O–H groups in total. The molecule has 1 atom stereocenters. The van der Waals surface area contributed by atoms with Gasteiger partial charge in [-0.15, -0.1) is 10.2 Å². The second-order valence-corrected chi connectivity index (χ2v) is 4.66. The Morgan fingerprint density at radius 1 is 1.52 bits per heavy atom. The van der Waals surface area contributed by atoms with E-state index in [0.717, 1.165) is 18.8 Å². The smallest absolute Gasteiger partial charge is 0.270 e. The van der Waals surface area contributed by atoms with Crippen LogP contribution in [0, 0.1) is 0 Å². The molecule has 1 amide bonds. The molecule has 0 saturated carbocycles. The zero-order valence-corrected chi connectivity index (χ0v) is 12.4. The predicted molar refractivity (Wildman–Crippen MR) is 77.0 cm³/mol. The summed E-state index contributed by atoms with van der Waals surface area (Å²) >= 11 is 0. The quantitative estimate of drug-likeness (QED) is 0.873. The maximum atomic E-state index is 12.2. The van der Waals surface area contributed by atoms with E-state index in [2.05, 4.69) is 27.4 Å². The number of aromatic nitrogens is 4. The van der Waals surface area contributed by atoms with Gasteiger partial charge in [-0.25, -0.2) is 0 Å². The standard InChI is InChI=1S/C14H19N5O2/c1-4-7-19-9-16-18-13(19)10(2)17-14(20)12-8-11(21-3)5-6-15-12/h5-6,8-10H,4,7H2,1-3H3,(H,17,20)/t10-/m0/s1. The molecule has 21 heavy (non-hydrogen) atoms. The van der Waals surface area contributed by atoms with Crippen LogP contribution in [-0.2, 0) is 6.54 Å². The van der Waals surface area contributed by atoms with Gasteiger partial charge in [-0.1, -0.05) is 6.92 Å². The lowest BCUT2D eigenvalue weighted by molar-refractivity contribution is 0.0932. The Kier molecular flexibility index (Phi) is 4.86. The number of carbonyl (C=O) groups excluding carboxylic acids is 1. The Morgan fingerprint density at radius 2 is 2.33 bits per heavy atom. The third-order valence-electron chi connectivity index (χ3n) is 3.04. The average molecular weight is 289 g/mol. The zero-order valence-electron chi connectivity index (χ0n) is 12.4. The summed E-state index contributed by atoms with van der Waals surface area (Å²) in [6.07, 6.45) is 4.19. The summed E-state index contributed by atoms with van der Waals surface area (Å²) in [6.45, 7) is 4.77. The fourth-order valence-electron chi connectivity index (χ4n) is 2.01. The van der Waals surface area contributed by atoms with Crippen molar-refractivity contribution >= 4 is 5.91 Å². The van der Waals surface area contributed by atoms with Gasteiger partial charge >= 0.3 is 0 Å². The zero-order chi connectivity index (χ0) is 15.2. The van der Waals surface area contributed by atoms with E-state index in [-0.39, 0.29) is 11.9 Å². The fourth-order valence-corrected chi connectivity index (χ4v) is 2.01. The molecule has 7 nitrogen and oxygen atoms in total. The number of ether oxygens (including phenoxy) is 1. The van der Waals surface area contributed by atoms with E-state index >= 15 is 0 Å². The van der Waals surface area contributed by atoms with Crippen molar-refractivity contribution in [1.29, 1.82) is 0 Å². The third kappa shape index (κ3) is 3.56. The van der Waals surface area contributed by atoms with Gasteiger partial charge in [0.05, 0.1) is 13.2 Å². The van der Waals surface area contributed by atoms with Crippen LogP contribution in [0.1, 0.15) is 42.6 Å². The molecule has 0 aromatic carbocycles. The SMILES string of the molecule is CCCn1cnnc1[C@H](C)NC(=O)c1cc(OC)ccn1. The Bertz CT molecular complexity index is 611. The lowest BCUT2D eigenvalue weighted by Gasteiger charge is -2.14. The summed E-state index contributed by atoms with van der Waals surface area (Å²) in [7, 11) is 1.55. The monoisotopic (exact) mass is 289 g/mol. The lowest BCUT2D eigenvalue weighted by atomic mass is 10.2. The van der Waals surface area contributed by atoms with Crippen molar-refractivity contribution in [2.45, 2.75) is 32.9 Å². The summed E-state index contributed by atoms with van der Waals surface area (Å²) in [5.74, 6) is 1.05. The molecule has 0 aliphatic heterocycles. The predicted octanol–water partition coefficient (Wildman–Crippen LogP) is 1.58. The van der Waals surface area contributed by atoms with Gasteiger partial charge in [0, 0.05) is 18.8 Å². The number of rotatable bonds is 6. The van der Waals surface area contributed by atoms with Crippen molar-refractivity contribution in [2.24, 2.45) is 0 Å². The van der Waals surface area contributed by atoms with Gasteiger partial charge in [-0.3, -0.25) is 9.78 Å². The molecule has 0 unspecified atom stereocenters. The van der Waals surface area contributed by atoms with Crippen LogP contribution in [-0.4, -0.2) is 32.8 Å². The highest BCUT2D eigenvalue weighted by atomic mass is 16.5. The molecular weight excluding hydrogens is 270 g/mol. The molecule has 0 bridgehead atoms. The van der Waals surface area contributed by atoms with Crippen molar-refractivity contribution in [3.63, 3.8) is 0 Å². The largest absolute Gasteiger partial charge is 0.497 e. The molecule has 7 heteroatoms. The highest BCUT2D eigenvalue weighted by Gasteiger charge is 2.17. The molecule has 2 rings (SSSR count). The molecular formula is C14H19N5O2. The Labute approximate surface area is 123 Å². The number of hydrogen-bond acceptors (Lipinski definition) is 5. The minimum Gasteiger partial charge on any atom is -0.497 e. The molecule has 0 aliphatic rings. The van der Waals surface area contributed by atoms with Crippen molar-refractivity contribution < 1.29 is 9.53 Å². The summed E-state index contributed by atoms with van der Waals surface area (Å²) in [5, 5.41) is 10.8. The molecule has 0 aliphatic carbocycles. The number of nitrogens with one attached hydrogen (secondary N) is 1. The fraction of sp³-hybridized carbons (Fsp3) is 0.429. The van der Waals surface area contributed by atoms with E-state index in [4.69, 9.17) is 4.74 Å². The topological polar surface area (TPSA) is 81.9 Å². The van der Waals surface area contributed by atoms with Gasteiger partial charge in [0.2, 0.25) is 0 Å². The lowest BCUT2D eigenvalue weighted by Crippen LogP contribution is -2.29. The summed E-state index contributed by atoms with van der Waals surface area (Å²) < 4.78 is 7.02. The minimum absolute atomic E-state index is 0.250. The highest BCUT2D eigenvalue weighted by molar-refractivity contribution is 5.92. The van der Waals surface area contributed by atoms with E-state index in [1.165, 1.54) is 6.20 Å². The third-order valence-corrected chi connectivity index (χ3v) is 3.04. The summed E-state index contributed by atoms with van der Waals surface area (Å²) in [5.41, 5.74) is 0.308. The Morgan fingerprint density at radius 3 is 3.05 bits per heavy atom. The van der Waals surface area contributed by atoms with E-state index in [0.29, 0.717) is 11.4 Å². The maximum absolute atomic E-state index is 12.2. The van der Waals surface area contributed by atoms with Crippen LogP contribution in [0.15, 0.2) is 24.7 Å². The second kappa shape index (κ2) is 6.83. The molecule has 112 valence electrons. The number of methoxy groups -OCH3 is 1. The first-order valence-corrected chi connectivity index (χ1v) is 6.84. The number of nitrogens with zero attached hydrogens (tertiary/aromatic N) is 4. The number of aryl methyl sites for hydroxylation is 1. The molecule has 0 saturated heterocycles. The first-order valence-electron chi connectivity index (χ1n) is 6.84. The molecule has 0 fully saturated rings. The van der Waals surface area contributed by atoms with E-state index in [1.807, 2.05) is 11.5 Å². The van der Waals surface area contributed by atoms with Gasteiger partial charge < -0.3 is 14.6 Å². The van der Waals surface area contributed by atoms with Gasteiger partial charge in [0.25, 0.3) is 5.91 Å². The normalized spacial score (nSPS) is 12.0. The first-order chi connectivity index (χ1) is 10.2. The van der Waals surface area contributed by atoms with E-state index < -0.39 is 0 Å². The Hall–Kier alpha value is -2.44. The van der Waals surface area contributed by atoms with Crippen molar-refractivity contribution in [1.82, 2.24) is 25.1 Å². The number of carbonyl (C=O) groups is 1. The highest BCUT2D eigenvalue weighted by Crippen LogP contribution is 2.13. The number of amides is 1. The van der Waals surface area contributed by atoms with Gasteiger partial charge in [-0.05, 0) is 19.4 Å². The first kappa shape index (κ1) is 15.0. The van der Waals surface area contributed by atoms with Crippen molar-refractivity contribution in [3.8, 4) is 5.75 Å². The van der Waals surface area contributed by atoms with Crippen LogP contribution in [0.2, 0.25) is 0 Å². The minimum atomic E-state index is -0.271. The van der Waals surface area contributed by atoms with Gasteiger partial charge in [0.1, 0.15) is 17.8 Å². The number of hydrogen-bond donors (Lipinski definition) is 1. The van der Waals surface area contributed by atoms with Crippen LogP contribution in [0.3, 0.4) is 0 Å². The molecule has 2 aromatic rings. The molecule has 0 radical (unpaired) electrons. The van der Waals surface area contributed by atoms with E-state index in [1.54, 1.807) is 25.6 Å². The summed E-state index contributed by atoms with van der Waals surface area (Å²) in [6, 6.07) is 3.04. The van der Waals surface area contributed by atoms with Crippen LogP contribution < -0.4 is 10.1 Å². The summed E-state index contributed by atoms with van der Waals surface area (Å²) in [4.78, 5) is 16.2. The van der Waals surface area contributed by atoms with Crippen LogP contribution in [0.5, 0.6) is 5.75 Å². The number of pyridine rings is 1. The van der Waals surface area contributed by atoms with Crippen LogP contribution in [0.25, 0.3) is 0 Å². The molecule has 2 aromatic heterocycles. The van der Waals surface area contributed by atoms with Crippen LogP contribution in [0.4, 0.5) is 0 Å². The van der Waals surface area contributed by atoms with E-state index in [9.17, 15) is 4.79 Å². The Balaban J connectivity index is 2.09. The van der Waals surface area contributed by atoms with Gasteiger partial charge in [0.15, 0.2) is 5.82 Å².